The van der Waals surface area contributed by atoms with Gasteiger partial charge in [0.15, 0.2) is 5.82 Å². The first-order chi connectivity index (χ1) is 11.1. The zero-order valence-corrected chi connectivity index (χ0v) is 12.4. The molecule has 0 radical (unpaired) electrons. The smallest absolute Gasteiger partial charge is 0.226 e. The van der Waals surface area contributed by atoms with Gasteiger partial charge in [-0.2, -0.15) is 5.10 Å². The highest BCUT2D eigenvalue weighted by Gasteiger charge is 2.16. The Morgan fingerprint density at radius 3 is 2.87 bits per heavy atom. The molecule has 3 aromatic heterocycles. The molecule has 3 heterocycles. The number of hydrogen-bond donors (Lipinski definition) is 2. The third kappa shape index (κ3) is 3.34. The van der Waals surface area contributed by atoms with Crippen LogP contribution in [-0.4, -0.2) is 31.1 Å². The molecule has 0 saturated heterocycles. The van der Waals surface area contributed by atoms with Crippen LogP contribution in [0.3, 0.4) is 0 Å². The van der Waals surface area contributed by atoms with Crippen molar-refractivity contribution in [3.05, 3.63) is 71.5 Å². The maximum Gasteiger partial charge on any atom is 0.226 e. The quantitative estimate of drug-likeness (QED) is 0.426. The fourth-order valence-electron chi connectivity index (χ4n) is 2.19. The number of aromatic nitrogens is 4. The van der Waals surface area contributed by atoms with E-state index in [-0.39, 0.29) is 11.6 Å². The van der Waals surface area contributed by atoms with Gasteiger partial charge in [-0.05, 0) is 30.7 Å². The number of nitrogens with one attached hydrogen (secondary N) is 1. The number of H-pyrrole nitrogens is 1. The molecule has 3 rings (SSSR count). The Morgan fingerprint density at radius 1 is 1.39 bits per heavy atom. The highest BCUT2D eigenvalue weighted by molar-refractivity contribution is 6.05. The molecule has 0 atom stereocenters. The Labute approximate surface area is 131 Å². The van der Waals surface area contributed by atoms with Crippen LogP contribution in [0, 0.1) is 6.92 Å². The Hall–Kier alpha value is -3.22. The van der Waals surface area contributed by atoms with E-state index in [1.807, 2.05) is 12.1 Å². The van der Waals surface area contributed by atoms with Crippen LogP contribution in [0.1, 0.15) is 33.3 Å². The van der Waals surface area contributed by atoms with E-state index in [0.717, 1.165) is 11.6 Å². The number of allylic oxidation sites excluding steroid dienone is 1. The SMILES string of the molecule is Cc1cc(C(O)=CC(=O)c2ncn[nH]2)c(Cc2ccncc2)o1. The monoisotopic (exact) mass is 310 g/mol. The zero-order chi connectivity index (χ0) is 16.2. The molecule has 0 unspecified atom stereocenters. The topological polar surface area (TPSA) is 105 Å². The van der Waals surface area contributed by atoms with Crippen molar-refractivity contribution in [1.29, 1.82) is 0 Å². The standard InChI is InChI=1S/C16H14N4O3/c1-10-6-12(13(21)8-14(22)16-18-9-19-20-16)15(23-10)7-11-2-4-17-5-3-11/h2-6,8-9,21H,7H2,1H3,(H,18,19,20). The first kappa shape index (κ1) is 14.7. The second kappa shape index (κ2) is 6.27. The molecule has 0 saturated carbocycles. The van der Waals surface area contributed by atoms with E-state index in [0.29, 0.717) is 23.5 Å². The number of ketones is 1. The van der Waals surface area contributed by atoms with Gasteiger partial charge in [-0.25, -0.2) is 4.98 Å². The van der Waals surface area contributed by atoms with Crippen LogP contribution >= 0.6 is 0 Å². The zero-order valence-electron chi connectivity index (χ0n) is 12.4. The molecule has 7 heteroatoms. The number of aliphatic hydroxyl groups excluding tert-OH is 1. The number of aliphatic hydroxyl groups is 1. The number of carbonyl (C=O) groups is 1. The number of rotatable bonds is 5. The van der Waals surface area contributed by atoms with Gasteiger partial charge in [-0.1, -0.05) is 0 Å². The fraction of sp³-hybridized carbons (Fsp3) is 0.125. The third-order valence-corrected chi connectivity index (χ3v) is 3.24. The average molecular weight is 310 g/mol. The van der Waals surface area contributed by atoms with Crippen LogP contribution in [0.2, 0.25) is 0 Å². The Morgan fingerprint density at radius 2 is 2.17 bits per heavy atom. The molecule has 0 spiro atoms. The average Bonchev–Trinajstić information content (AvgIpc) is 3.18. The predicted molar refractivity (Wildman–Crippen MR) is 81.8 cm³/mol. The lowest BCUT2D eigenvalue weighted by Gasteiger charge is -2.02. The summed E-state index contributed by atoms with van der Waals surface area (Å²) < 4.78 is 5.64. The molecule has 23 heavy (non-hydrogen) atoms. The van der Waals surface area contributed by atoms with Crippen molar-refractivity contribution in [2.75, 3.05) is 0 Å². The van der Waals surface area contributed by atoms with Crippen molar-refractivity contribution in [2.45, 2.75) is 13.3 Å². The Kier molecular flexibility index (Phi) is 4.01. The summed E-state index contributed by atoms with van der Waals surface area (Å²) in [7, 11) is 0. The molecule has 116 valence electrons. The summed E-state index contributed by atoms with van der Waals surface area (Å²) in [6.07, 6.45) is 6.19. The van der Waals surface area contributed by atoms with E-state index >= 15 is 0 Å². The normalized spacial score (nSPS) is 11.6. The van der Waals surface area contributed by atoms with Gasteiger partial charge in [0.25, 0.3) is 0 Å². The minimum Gasteiger partial charge on any atom is -0.507 e. The van der Waals surface area contributed by atoms with Crippen LogP contribution in [0.25, 0.3) is 5.76 Å². The summed E-state index contributed by atoms with van der Waals surface area (Å²) in [4.78, 5) is 19.7. The van der Waals surface area contributed by atoms with Crippen LogP contribution < -0.4 is 0 Å². The number of pyridine rings is 1. The highest BCUT2D eigenvalue weighted by Crippen LogP contribution is 2.24. The lowest BCUT2D eigenvalue weighted by molar-refractivity contribution is 0.103. The van der Waals surface area contributed by atoms with E-state index in [1.165, 1.54) is 6.33 Å². The first-order valence-electron chi connectivity index (χ1n) is 6.92. The summed E-state index contributed by atoms with van der Waals surface area (Å²) in [5.41, 5.74) is 1.47. The van der Waals surface area contributed by atoms with Gasteiger partial charge in [0.05, 0.1) is 5.56 Å². The van der Waals surface area contributed by atoms with E-state index < -0.39 is 5.78 Å². The van der Waals surface area contributed by atoms with E-state index in [4.69, 9.17) is 4.42 Å². The van der Waals surface area contributed by atoms with Crippen molar-refractivity contribution < 1.29 is 14.3 Å². The third-order valence-electron chi connectivity index (χ3n) is 3.24. The number of aryl methyl sites for hydroxylation is 1. The molecule has 0 aliphatic carbocycles. The van der Waals surface area contributed by atoms with Gasteiger partial charge in [-0.3, -0.25) is 14.9 Å². The number of carbonyl (C=O) groups excluding carboxylic acids is 1. The highest BCUT2D eigenvalue weighted by atomic mass is 16.3. The molecule has 2 N–H and O–H groups in total. The molecule has 0 amide bonds. The van der Waals surface area contributed by atoms with Crippen molar-refractivity contribution in [3.63, 3.8) is 0 Å². The molecule has 0 aliphatic rings. The first-order valence-corrected chi connectivity index (χ1v) is 6.92. The molecule has 3 aromatic rings. The largest absolute Gasteiger partial charge is 0.507 e. The number of nitrogens with zero attached hydrogens (tertiary/aromatic N) is 3. The summed E-state index contributed by atoms with van der Waals surface area (Å²) in [6, 6.07) is 5.42. The lowest BCUT2D eigenvalue weighted by atomic mass is 10.1. The Bertz CT molecular complexity index is 836. The van der Waals surface area contributed by atoms with E-state index in [1.54, 1.807) is 25.4 Å². The Balaban J connectivity index is 1.89. The summed E-state index contributed by atoms with van der Waals surface area (Å²) in [5, 5.41) is 16.3. The minimum atomic E-state index is -0.464. The number of hydrogen-bond acceptors (Lipinski definition) is 6. The number of aromatic amines is 1. The maximum absolute atomic E-state index is 12.0. The van der Waals surface area contributed by atoms with Crippen LogP contribution in [-0.2, 0) is 6.42 Å². The van der Waals surface area contributed by atoms with Crippen LogP contribution in [0.4, 0.5) is 0 Å². The second-order valence-electron chi connectivity index (χ2n) is 4.95. The molecular weight excluding hydrogens is 296 g/mol. The maximum atomic E-state index is 12.0. The van der Waals surface area contributed by atoms with E-state index in [2.05, 4.69) is 20.2 Å². The minimum absolute atomic E-state index is 0.0625. The van der Waals surface area contributed by atoms with Crippen molar-refractivity contribution in [1.82, 2.24) is 20.2 Å². The van der Waals surface area contributed by atoms with Crippen molar-refractivity contribution in [2.24, 2.45) is 0 Å². The molecule has 0 aromatic carbocycles. The van der Waals surface area contributed by atoms with Gasteiger partial charge in [0, 0.05) is 24.9 Å². The fourth-order valence-corrected chi connectivity index (χ4v) is 2.19. The summed E-state index contributed by atoms with van der Waals surface area (Å²) >= 11 is 0. The summed E-state index contributed by atoms with van der Waals surface area (Å²) in [6.45, 7) is 1.78. The molecular formula is C16H14N4O3. The van der Waals surface area contributed by atoms with Gasteiger partial charge in [0.2, 0.25) is 5.78 Å². The summed E-state index contributed by atoms with van der Waals surface area (Å²) in [5.74, 6) is 0.650. The lowest BCUT2D eigenvalue weighted by Crippen LogP contribution is -2.00. The van der Waals surface area contributed by atoms with Gasteiger partial charge < -0.3 is 9.52 Å². The predicted octanol–water partition coefficient (Wildman–Crippen LogP) is 2.47. The van der Waals surface area contributed by atoms with Gasteiger partial charge in [-0.15, -0.1) is 0 Å². The number of furan rings is 1. The van der Waals surface area contributed by atoms with Crippen molar-refractivity contribution in [3.8, 4) is 0 Å². The molecule has 0 bridgehead atoms. The van der Waals surface area contributed by atoms with Crippen LogP contribution in [0.5, 0.6) is 0 Å². The van der Waals surface area contributed by atoms with Gasteiger partial charge >= 0.3 is 0 Å². The van der Waals surface area contributed by atoms with Crippen molar-refractivity contribution >= 4 is 11.5 Å². The molecule has 0 aliphatic heterocycles. The van der Waals surface area contributed by atoms with Crippen LogP contribution in [0.15, 0.2) is 47.4 Å². The second-order valence-corrected chi connectivity index (χ2v) is 4.95. The van der Waals surface area contributed by atoms with Gasteiger partial charge in [0.1, 0.15) is 23.6 Å². The molecule has 7 nitrogen and oxygen atoms in total. The van der Waals surface area contributed by atoms with E-state index in [9.17, 15) is 9.90 Å². The molecule has 0 fully saturated rings.